The summed E-state index contributed by atoms with van der Waals surface area (Å²) < 4.78 is 2.21. The molecule has 1 N–H and O–H groups in total. The van der Waals surface area contributed by atoms with Crippen molar-refractivity contribution >= 4 is 28.7 Å². The average Bonchev–Trinajstić information content (AvgIpc) is 3.18. The maximum atomic E-state index is 11.0. The zero-order chi connectivity index (χ0) is 19.7. The van der Waals surface area contributed by atoms with Crippen LogP contribution in [0.2, 0.25) is 0 Å². The van der Waals surface area contributed by atoms with Crippen molar-refractivity contribution in [2.45, 2.75) is 19.5 Å². The second-order valence-electron chi connectivity index (χ2n) is 6.82. The van der Waals surface area contributed by atoms with E-state index in [0.717, 1.165) is 35.6 Å². The van der Waals surface area contributed by atoms with E-state index in [1.807, 2.05) is 49.4 Å². The van der Waals surface area contributed by atoms with Crippen molar-refractivity contribution < 1.29 is 4.92 Å². The third-order valence-electron chi connectivity index (χ3n) is 5.11. The van der Waals surface area contributed by atoms with Crippen molar-refractivity contribution in [3.8, 4) is 0 Å². The lowest BCUT2D eigenvalue weighted by molar-refractivity contribution is -0.384. The molecular formula is C21H20N4O2S. The Morgan fingerprint density at radius 3 is 2.57 bits per heavy atom. The predicted octanol–water partition coefficient (Wildman–Crippen LogP) is 4.51. The molecule has 142 valence electrons. The standard InChI is InChI=1S/C21H20N4O2S/c1-15-5-2-3-6-18(15)22-21(28)24-14-13-23-12-4-7-19(23)20(24)16-8-10-17(11-9-16)25(26)27/h2-12,20H,13-14H2,1H3,(H,22,28)/t20-/m0/s1. The molecule has 7 heteroatoms. The van der Waals surface area contributed by atoms with Crippen LogP contribution in [0.25, 0.3) is 0 Å². The second-order valence-corrected chi connectivity index (χ2v) is 7.20. The molecule has 4 rings (SSSR count). The first-order valence-electron chi connectivity index (χ1n) is 9.07. The molecule has 1 aliphatic heterocycles. The van der Waals surface area contributed by atoms with E-state index in [2.05, 4.69) is 27.0 Å². The van der Waals surface area contributed by atoms with Crippen LogP contribution in [0, 0.1) is 17.0 Å². The highest BCUT2D eigenvalue weighted by molar-refractivity contribution is 7.80. The number of hydrogen-bond acceptors (Lipinski definition) is 3. The van der Waals surface area contributed by atoms with Crippen LogP contribution in [-0.2, 0) is 6.54 Å². The molecule has 3 aromatic rings. The van der Waals surface area contributed by atoms with Crippen molar-refractivity contribution in [1.29, 1.82) is 0 Å². The number of fused-ring (bicyclic) bond motifs is 1. The van der Waals surface area contributed by atoms with Gasteiger partial charge >= 0.3 is 0 Å². The maximum absolute atomic E-state index is 11.0. The molecule has 28 heavy (non-hydrogen) atoms. The first-order chi connectivity index (χ1) is 13.5. The molecule has 0 amide bonds. The largest absolute Gasteiger partial charge is 0.348 e. The summed E-state index contributed by atoms with van der Waals surface area (Å²) in [6.45, 7) is 3.63. The van der Waals surface area contributed by atoms with Crippen molar-refractivity contribution in [3.05, 3.63) is 93.8 Å². The van der Waals surface area contributed by atoms with Gasteiger partial charge in [-0.25, -0.2) is 0 Å². The number of thiocarbonyl (C=S) groups is 1. The second kappa shape index (κ2) is 7.44. The van der Waals surface area contributed by atoms with E-state index in [-0.39, 0.29) is 16.7 Å². The van der Waals surface area contributed by atoms with Gasteiger partial charge in [0.1, 0.15) is 0 Å². The first-order valence-corrected chi connectivity index (χ1v) is 9.48. The monoisotopic (exact) mass is 392 g/mol. The van der Waals surface area contributed by atoms with Crippen LogP contribution < -0.4 is 5.32 Å². The summed E-state index contributed by atoms with van der Waals surface area (Å²) in [5.41, 5.74) is 4.28. The number of nitrogens with zero attached hydrogens (tertiary/aromatic N) is 3. The Labute approximate surface area is 168 Å². The molecule has 0 bridgehead atoms. The van der Waals surface area contributed by atoms with Gasteiger partial charge in [0.05, 0.1) is 11.0 Å². The average molecular weight is 392 g/mol. The molecule has 0 saturated heterocycles. The number of anilines is 1. The van der Waals surface area contributed by atoms with Crippen LogP contribution >= 0.6 is 12.2 Å². The van der Waals surface area contributed by atoms with Gasteiger partial charge in [-0.3, -0.25) is 10.1 Å². The lowest BCUT2D eigenvalue weighted by Gasteiger charge is -2.39. The molecule has 0 radical (unpaired) electrons. The van der Waals surface area contributed by atoms with Crippen LogP contribution in [0.15, 0.2) is 66.9 Å². The number of nitrogens with one attached hydrogen (secondary N) is 1. The molecule has 1 aliphatic rings. The van der Waals surface area contributed by atoms with Gasteiger partial charge in [-0.2, -0.15) is 0 Å². The Morgan fingerprint density at radius 2 is 1.86 bits per heavy atom. The number of aromatic nitrogens is 1. The van der Waals surface area contributed by atoms with E-state index in [4.69, 9.17) is 12.2 Å². The topological polar surface area (TPSA) is 63.3 Å². The number of non-ortho nitro benzene ring substituents is 1. The van der Waals surface area contributed by atoms with Gasteiger partial charge in [-0.05, 0) is 60.6 Å². The zero-order valence-electron chi connectivity index (χ0n) is 15.4. The van der Waals surface area contributed by atoms with E-state index < -0.39 is 0 Å². The van der Waals surface area contributed by atoms with Gasteiger partial charge in [0.15, 0.2) is 5.11 Å². The van der Waals surface area contributed by atoms with Gasteiger partial charge in [0.25, 0.3) is 5.69 Å². The van der Waals surface area contributed by atoms with E-state index in [0.29, 0.717) is 5.11 Å². The number of nitro benzene ring substituents is 1. The van der Waals surface area contributed by atoms with Crippen molar-refractivity contribution in [3.63, 3.8) is 0 Å². The third-order valence-corrected chi connectivity index (χ3v) is 5.44. The number of aryl methyl sites for hydroxylation is 1. The van der Waals surface area contributed by atoms with Crippen molar-refractivity contribution in [2.75, 3.05) is 11.9 Å². The normalized spacial score (nSPS) is 15.8. The Balaban J connectivity index is 1.68. The first kappa shape index (κ1) is 18.2. The summed E-state index contributed by atoms with van der Waals surface area (Å²) in [7, 11) is 0. The van der Waals surface area contributed by atoms with Crippen LogP contribution in [0.3, 0.4) is 0 Å². The molecule has 2 aromatic carbocycles. The summed E-state index contributed by atoms with van der Waals surface area (Å²) in [6, 6.07) is 18.8. The summed E-state index contributed by atoms with van der Waals surface area (Å²) in [5, 5.41) is 15.0. The smallest absolute Gasteiger partial charge is 0.269 e. The van der Waals surface area contributed by atoms with E-state index in [9.17, 15) is 10.1 Å². The number of hydrogen-bond donors (Lipinski definition) is 1. The lowest BCUT2D eigenvalue weighted by atomic mass is 10.00. The minimum Gasteiger partial charge on any atom is -0.348 e. The van der Waals surface area contributed by atoms with Gasteiger partial charge in [0, 0.05) is 42.8 Å². The van der Waals surface area contributed by atoms with E-state index >= 15 is 0 Å². The van der Waals surface area contributed by atoms with Crippen LogP contribution in [0.5, 0.6) is 0 Å². The Hall–Kier alpha value is -3.19. The van der Waals surface area contributed by atoms with Crippen molar-refractivity contribution in [1.82, 2.24) is 9.47 Å². The van der Waals surface area contributed by atoms with Gasteiger partial charge in [-0.15, -0.1) is 0 Å². The quantitative estimate of drug-likeness (QED) is 0.404. The minimum atomic E-state index is -0.379. The third kappa shape index (κ3) is 3.36. The molecule has 0 spiro atoms. The number of rotatable bonds is 3. The highest BCUT2D eigenvalue weighted by Crippen LogP contribution is 2.34. The van der Waals surface area contributed by atoms with Crippen molar-refractivity contribution in [2.24, 2.45) is 0 Å². The minimum absolute atomic E-state index is 0.0853. The lowest BCUT2D eigenvalue weighted by Crippen LogP contribution is -2.44. The van der Waals surface area contributed by atoms with Gasteiger partial charge < -0.3 is 14.8 Å². The highest BCUT2D eigenvalue weighted by atomic mass is 32.1. The SMILES string of the molecule is Cc1ccccc1NC(=S)N1CCn2cccc2[C@@H]1c1ccc([N+](=O)[O-])cc1. The molecule has 0 fully saturated rings. The molecule has 1 atom stereocenters. The van der Waals surface area contributed by atoms with Crippen LogP contribution in [-0.4, -0.2) is 26.0 Å². The number of para-hydroxylation sites is 1. The molecule has 6 nitrogen and oxygen atoms in total. The fraction of sp³-hybridized carbons (Fsp3) is 0.190. The van der Waals surface area contributed by atoms with Gasteiger partial charge in [0.2, 0.25) is 0 Å². The molecule has 0 unspecified atom stereocenters. The Kier molecular flexibility index (Phi) is 4.83. The summed E-state index contributed by atoms with van der Waals surface area (Å²) in [5.74, 6) is 0. The molecule has 0 aliphatic carbocycles. The van der Waals surface area contributed by atoms with Gasteiger partial charge in [-0.1, -0.05) is 18.2 Å². The van der Waals surface area contributed by atoms with Crippen LogP contribution in [0.1, 0.15) is 22.9 Å². The molecular weight excluding hydrogens is 372 g/mol. The molecule has 1 aromatic heterocycles. The van der Waals surface area contributed by atoms with E-state index in [1.54, 1.807) is 12.1 Å². The molecule has 0 saturated carbocycles. The van der Waals surface area contributed by atoms with E-state index in [1.165, 1.54) is 0 Å². The maximum Gasteiger partial charge on any atom is 0.269 e. The Morgan fingerprint density at radius 1 is 1.11 bits per heavy atom. The number of benzene rings is 2. The highest BCUT2D eigenvalue weighted by Gasteiger charge is 2.31. The van der Waals surface area contributed by atoms with Crippen LogP contribution in [0.4, 0.5) is 11.4 Å². The fourth-order valence-corrected chi connectivity index (χ4v) is 3.94. The Bertz CT molecular complexity index is 1030. The zero-order valence-corrected chi connectivity index (χ0v) is 16.2. The summed E-state index contributed by atoms with van der Waals surface area (Å²) in [6.07, 6.45) is 2.06. The summed E-state index contributed by atoms with van der Waals surface area (Å²) >= 11 is 5.76. The fourth-order valence-electron chi connectivity index (χ4n) is 3.63. The molecule has 2 heterocycles. The predicted molar refractivity (Wildman–Crippen MR) is 113 cm³/mol. The number of nitro groups is 1. The summed E-state index contributed by atoms with van der Waals surface area (Å²) in [4.78, 5) is 12.8.